The maximum atomic E-state index is 12.4. The quantitative estimate of drug-likeness (QED) is 0.759. The van der Waals surface area contributed by atoms with Crippen LogP contribution in [0.15, 0.2) is 48.5 Å². The van der Waals surface area contributed by atoms with Crippen molar-refractivity contribution in [1.82, 2.24) is 10.6 Å². The molecule has 2 N–H and O–H groups in total. The van der Waals surface area contributed by atoms with Crippen LogP contribution in [0, 0.1) is 0 Å². The Labute approximate surface area is 164 Å². The molecule has 0 aliphatic carbocycles. The number of hydrogen-bond acceptors (Lipinski definition) is 5. The molecular weight excluding hydrogens is 360 g/mol. The molecule has 0 saturated carbocycles. The Morgan fingerprint density at radius 3 is 2.57 bits per heavy atom. The third-order valence-electron chi connectivity index (χ3n) is 4.43. The van der Waals surface area contributed by atoms with Crippen LogP contribution in [-0.4, -0.2) is 44.2 Å². The van der Waals surface area contributed by atoms with Gasteiger partial charge in [0.25, 0.3) is 5.91 Å². The van der Waals surface area contributed by atoms with Crippen molar-refractivity contribution in [2.75, 3.05) is 20.3 Å². The smallest absolute Gasteiger partial charge is 0.265 e. The van der Waals surface area contributed by atoms with E-state index in [-0.39, 0.29) is 18.4 Å². The van der Waals surface area contributed by atoms with Gasteiger partial charge in [0.15, 0.2) is 11.5 Å². The lowest BCUT2D eigenvalue weighted by Crippen LogP contribution is -2.51. The van der Waals surface area contributed by atoms with E-state index in [0.717, 1.165) is 11.3 Å². The van der Waals surface area contributed by atoms with Gasteiger partial charge in [-0.3, -0.25) is 9.59 Å². The van der Waals surface area contributed by atoms with Crippen LogP contribution < -0.4 is 24.8 Å². The zero-order valence-corrected chi connectivity index (χ0v) is 15.9. The van der Waals surface area contributed by atoms with Crippen LogP contribution in [0.4, 0.5) is 0 Å². The highest BCUT2D eigenvalue weighted by atomic mass is 16.6. The summed E-state index contributed by atoms with van der Waals surface area (Å²) in [6.45, 7) is 2.22. The summed E-state index contributed by atoms with van der Waals surface area (Å²) in [5.41, 5.74) is 1.09. The van der Waals surface area contributed by atoms with Gasteiger partial charge in [-0.05, 0) is 43.2 Å². The monoisotopic (exact) mass is 384 g/mol. The molecule has 0 aromatic heterocycles. The van der Waals surface area contributed by atoms with Crippen molar-refractivity contribution >= 4 is 11.8 Å². The fourth-order valence-electron chi connectivity index (χ4n) is 2.80. The Balaban J connectivity index is 1.43. The minimum absolute atomic E-state index is 0.106. The summed E-state index contributed by atoms with van der Waals surface area (Å²) in [7, 11) is 1.62. The van der Waals surface area contributed by atoms with Crippen LogP contribution in [0.25, 0.3) is 0 Å². The highest BCUT2D eigenvalue weighted by Gasteiger charge is 2.29. The first-order valence-corrected chi connectivity index (χ1v) is 9.16. The SMILES string of the molecule is COc1ccc(CCNC(=O)[C@@H](C)NC(=O)[C@@H]2COc3ccccc3O2)cc1. The maximum absolute atomic E-state index is 12.4. The van der Waals surface area contributed by atoms with Crippen LogP contribution in [0.5, 0.6) is 17.2 Å². The van der Waals surface area contributed by atoms with Gasteiger partial charge >= 0.3 is 0 Å². The number of para-hydroxylation sites is 2. The van der Waals surface area contributed by atoms with Gasteiger partial charge in [0.05, 0.1) is 7.11 Å². The van der Waals surface area contributed by atoms with E-state index in [1.807, 2.05) is 30.3 Å². The molecule has 1 aliphatic heterocycles. The fourth-order valence-corrected chi connectivity index (χ4v) is 2.80. The molecule has 3 rings (SSSR count). The van der Waals surface area contributed by atoms with Gasteiger partial charge in [-0.2, -0.15) is 0 Å². The van der Waals surface area contributed by atoms with Gasteiger partial charge in [-0.25, -0.2) is 0 Å². The molecule has 28 heavy (non-hydrogen) atoms. The van der Waals surface area contributed by atoms with Crippen molar-refractivity contribution < 1.29 is 23.8 Å². The number of carbonyl (C=O) groups excluding carboxylic acids is 2. The number of methoxy groups -OCH3 is 1. The summed E-state index contributed by atoms with van der Waals surface area (Å²) < 4.78 is 16.3. The maximum Gasteiger partial charge on any atom is 0.265 e. The second-order valence-electron chi connectivity index (χ2n) is 6.48. The molecule has 0 unspecified atom stereocenters. The van der Waals surface area contributed by atoms with E-state index in [2.05, 4.69) is 10.6 Å². The van der Waals surface area contributed by atoms with E-state index in [1.165, 1.54) is 0 Å². The predicted molar refractivity (Wildman–Crippen MR) is 104 cm³/mol. The summed E-state index contributed by atoms with van der Waals surface area (Å²) in [4.78, 5) is 24.6. The van der Waals surface area contributed by atoms with Gasteiger partial charge in [0, 0.05) is 6.54 Å². The highest BCUT2D eigenvalue weighted by molar-refractivity contribution is 5.89. The normalized spacial score (nSPS) is 16.0. The standard InChI is InChI=1S/C21H24N2O5/c1-14(20(24)22-12-11-15-7-9-16(26-2)10-8-15)23-21(25)19-13-27-17-5-3-4-6-18(17)28-19/h3-10,14,19H,11-13H2,1-2H3,(H,22,24)(H,23,25)/t14-,19+/m1/s1. The van der Waals surface area contributed by atoms with E-state index < -0.39 is 12.1 Å². The van der Waals surface area contributed by atoms with Gasteiger partial charge in [-0.15, -0.1) is 0 Å². The average Bonchev–Trinajstić information content (AvgIpc) is 2.73. The first-order valence-electron chi connectivity index (χ1n) is 9.16. The number of fused-ring (bicyclic) bond motifs is 1. The van der Waals surface area contributed by atoms with E-state index in [9.17, 15) is 9.59 Å². The zero-order chi connectivity index (χ0) is 19.9. The molecule has 0 spiro atoms. The van der Waals surface area contributed by atoms with Gasteiger partial charge < -0.3 is 24.8 Å². The van der Waals surface area contributed by atoms with Crippen molar-refractivity contribution in [2.24, 2.45) is 0 Å². The van der Waals surface area contributed by atoms with Crippen molar-refractivity contribution in [3.63, 3.8) is 0 Å². The lowest BCUT2D eigenvalue weighted by Gasteiger charge is -2.26. The minimum atomic E-state index is -0.788. The summed E-state index contributed by atoms with van der Waals surface area (Å²) in [6, 6.07) is 14.1. The molecule has 0 fully saturated rings. The van der Waals surface area contributed by atoms with Gasteiger partial charge in [-0.1, -0.05) is 24.3 Å². The number of carbonyl (C=O) groups is 2. The van der Waals surface area contributed by atoms with E-state index in [4.69, 9.17) is 14.2 Å². The number of nitrogens with one attached hydrogen (secondary N) is 2. The second kappa shape index (κ2) is 9.12. The largest absolute Gasteiger partial charge is 0.497 e. The molecule has 2 atom stereocenters. The predicted octanol–water partition coefficient (Wildman–Crippen LogP) is 1.70. The number of amides is 2. The Morgan fingerprint density at radius 2 is 1.86 bits per heavy atom. The van der Waals surface area contributed by atoms with E-state index in [1.54, 1.807) is 32.2 Å². The number of rotatable bonds is 7. The average molecular weight is 384 g/mol. The summed E-state index contributed by atoms with van der Waals surface area (Å²) in [6.07, 6.45) is -0.100. The molecule has 7 nitrogen and oxygen atoms in total. The Kier molecular flexibility index (Phi) is 6.37. The molecule has 2 aromatic carbocycles. The first-order chi connectivity index (χ1) is 13.6. The third-order valence-corrected chi connectivity index (χ3v) is 4.43. The lowest BCUT2D eigenvalue weighted by atomic mass is 10.1. The number of ether oxygens (including phenoxy) is 3. The van der Waals surface area contributed by atoms with E-state index in [0.29, 0.717) is 24.5 Å². The third kappa shape index (κ3) is 4.94. The minimum Gasteiger partial charge on any atom is -0.497 e. The summed E-state index contributed by atoms with van der Waals surface area (Å²) >= 11 is 0. The van der Waals surface area contributed by atoms with Crippen molar-refractivity contribution in [2.45, 2.75) is 25.5 Å². The fraction of sp³-hybridized carbons (Fsp3) is 0.333. The van der Waals surface area contributed by atoms with Gasteiger partial charge in [0.2, 0.25) is 12.0 Å². The highest BCUT2D eigenvalue weighted by Crippen LogP contribution is 2.30. The molecular formula is C21H24N2O5. The molecule has 1 heterocycles. The van der Waals surface area contributed by atoms with Crippen molar-refractivity contribution in [3.8, 4) is 17.2 Å². The lowest BCUT2D eigenvalue weighted by molar-refractivity contribution is -0.134. The zero-order valence-electron chi connectivity index (χ0n) is 15.9. The Bertz CT molecular complexity index is 822. The Morgan fingerprint density at radius 1 is 1.14 bits per heavy atom. The van der Waals surface area contributed by atoms with Crippen LogP contribution >= 0.6 is 0 Å². The molecule has 7 heteroatoms. The molecule has 0 bridgehead atoms. The van der Waals surface area contributed by atoms with E-state index >= 15 is 0 Å². The van der Waals surface area contributed by atoms with Crippen molar-refractivity contribution in [3.05, 3.63) is 54.1 Å². The topological polar surface area (TPSA) is 85.9 Å². The van der Waals surface area contributed by atoms with Gasteiger partial charge in [0.1, 0.15) is 18.4 Å². The number of benzene rings is 2. The summed E-state index contributed by atoms with van der Waals surface area (Å²) in [5, 5.41) is 5.50. The molecule has 2 aromatic rings. The molecule has 0 saturated heterocycles. The Hall–Kier alpha value is -3.22. The second-order valence-corrected chi connectivity index (χ2v) is 6.48. The van der Waals surface area contributed by atoms with Crippen LogP contribution in [0.1, 0.15) is 12.5 Å². The van der Waals surface area contributed by atoms with Crippen LogP contribution in [-0.2, 0) is 16.0 Å². The molecule has 1 aliphatic rings. The molecule has 148 valence electrons. The van der Waals surface area contributed by atoms with Crippen LogP contribution in [0.2, 0.25) is 0 Å². The number of hydrogen-bond donors (Lipinski definition) is 2. The molecule has 2 amide bonds. The summed E-state index contributed by atoms with van der Waals surface area (Å²) in [5.74, 6) is 1.29. The van der Waals surface area contributed by atoms with Crippen LogP contribution in [0.3, 0.4) is 0 Å². The molecule has 0 radical (unpaired) electrons. The first kappa shape index (κ1) is 19.5. The van der Waals surface area contributed by atoms with Crippen molar-refractivity contribution in [1.29, 1.82) is 0 Å².